The first-order chi connectivity index (χ1) is 13.5. The van der Waals surface area contributed by atoms with Crippen LogP contribution in [0, 0.1) is 18.3 Å². The van der Waals surface area contributed by atoms with E-state index >= 15 is 0 Å². The number of hydrogen-bond donors (Lipinski definition) is 3. The summed E-state index contributed by atoms with van der Waals surface area (Å²) in [7, 11) is 0. The summed E-state index contributed by atoms with van der Waals surface area (Å²) in [4.78, 5) is 26.5. The number of carbonyl (C=O) groups is 1. The third kappa shape index (κ3) is 3.94. The second-order valence-electron chi connectivity index (χ2n) is 6.31. The van der Waals surface area contributed by atoms with Crippen LogP contribution in [0.2, 0.25) is 0 Å². The lowest BCUT2D eigenvalue weighted by molar-refractivity contribution is 0.0951. The number of H-pyrrole nitrogens is 1. The molecule has 142 valence electrons. The predicted molar refractivity (Wildman–Crippen MR) is 105 cm³/mol. The minimum atomic E-state index is -0.434. The lowest BCUT2D eigenvalue weighted by atomic mass is 10.1. The monoisotopic (exact) mass is 376 g/mol. The lowest BCUT2D eigenvalue weighted by Crippen LogP contribution is -2.30. The van der Waals surface area contributed by atoms with Crippen molar-refractivity contribution in [1.29, 1.82) is 5.26 Å². The number of aryl methyl sites for hydroxylation is 2. The summed E-state index contributed by atoms with van der Waals surface area (Å²) in [5.74, 6) is -0.144. The molecule has 4 N–H and O–H groups in total. The Morgan fingerprint density at radius 3 is 2.71 bits per heavy atom. The van der Waals surface area contributed by atoms with Gasteiger partial charge in [-0.2, -0.15) is 10.4 Å². The number of para-hydroxylation sites is 1. The van der Waals surface area contributed by atoms with E-state index in [1.54, 1.807) is 13.0 Å². The van der Waals surface area contributed by atoms with Crippen LogP contribution < -0.4 is 16.6 Å². The molecular weight excluding hydrogens is 356 g/mol. The van der Waals surface area contributed by atoms with Crippen LogP contribution in [0.3, 0.4) is 0 Å². The number of anilines is 1. The first kappa shape index (κ1) is 18.9. The molecular formula is C20H20N6O2. The van der Waals surface area contributed by atoms with Gasteiger partial charge >= 0.3 is 0 Å². The maximum Gasteiger partial charge on any atom is 0.260 e. The van der Waals surface area contributed by atoms with E-state index in [0.29, 0.717) is 42.2 Å². The Morgan fingerprint density at radius 2 is 2.04 bits per heavy atom. The highest BCUT2D eigenvalue weighted by atomic mass is 16.2. The number of nitrogens with zero attached hydrogens (tertiary/aromatic N) is 3. The number of nitrogens with two attached hydrogens (primary N) is 1. The fraction of sp³-hybridized carbons (Fsp3) is 0.200. The number of amides is 1. The molecule has 0 fully saturated rings. The molecule has 0 bridgehead atoms. The third-order valence-corrected chi connectivity index (χ3v) is 4.28. The standard InChI is InChI=1S/C20H20N6O2/c1-13-9-10-15(20(28)24-13)19(27)23-11-5-8-17-16(12-21)18(22)26(25-17)14-6-3-2-4-7-14/h2-4,6-7,9-10H,5,8,11,22H2,1H3,(H,23,27)(H,24,28). The summed E-state index contributed by atoms with van der Waals surface area (Å²) >= 11 is 0. The number of aromatic nitrogens is 3. The van der Waals surface area contributed by atoms with Crippen LogP contribution in [-0.4, -0.2) is 27.2 Å². The lowest BCUT2D eigenvalue weighted by Gasteiger charge is -2.04. The first-order valence-corrected chi connectivity index (χ1v) is 8.82. The van der Waals surface area contributed by atoms with Gasteiger partial charge in [-0.3, -0.25) is 9.59 Å². The van der Waals surface area contributed by atoms with E-state index in [9.17, 15) is 14.9 Å². The second-order valence-corrected chi connectivity index (χ2v) is 6.31. The van der Waals surface area contributed by atoms with Gasteiger partial charge in [0.15, 0.2) is 0 Å². The maximum atomic E-state index is 12.1. The number of aromatic amines is 1. The molecule has 2 aromatic heterocycles. The van der Waals surface area contributed by atoms with Gasteiger partial charge in [-0.05, 0) is 44.0 Å². The summed E-state index contributed by atoms with van der Waals surface area (Å²) in [5.41, 5.74) is 8.10. The van der Waals surface area contributed by atoms with Crippen LogP contribution in [0.25, 0.3) is 5.69 Å². The average molecular weight is 376 g/mol. The number of rotatable bonds is 6. The number of pyridine rings is 1. The summed E-state index contributed by atoms with van der Waals surface area (Å²) in [6, 6.07) is 14.6. The van der Waals surface area contributed by atoms with Gasteiger partial charge in [-0.1, -0.05) is 18.2 Å². The van der Waals surface area contributed by atoms with Crippen LogP contribution in [0.1, 0.15) is 33.7 Å². The highest BCUT2D eigenvalue weighted by Gasteiger charge is 2.16. The number of nitrogen functional groups attached to an aromatic ring is 1. The molecule has 0 aliphatic heterocycles. The van der Waals surface area contributed by atoms with Crippen molar-refractivity contribution in [3.8, 4) is 11.8 Å². The van der Waals surface area contributed by atoms with Crippen LogP contribution in [0.4, 0.5) is 5.82 Å². The molecule has 1 amide bonds. The van der Waals surface area contributed by atoms with E-state index in [2.05, 4.69) is 21.5 Å². The summed E-state index contributed by atoms with van der Waals surface area (Å²) in [6.07, 6.45) is 1.02. The van der Waals surface area contributed by atoms with E-state index < -0.39 is 11.5 Å². The number of carbonyl (C=O) groups excluding carboxylic acids is 1. The van der Waals surface area contributed by atoms with Crippen molar-refractivity contribution < 1.29 is 4.79 Å². The molecule has 3 rings (SSSR count). The molecule has 3 aromatic rings. The van der Waals surface area contributed by atoms with Crippen molar-refractivity contribution in [2.45, 2.75) is 19.8 Å². The van der Waals surface area contributed by atoms with Crippen molar-refractivity contribution in [2.75, 3.05) is 12.3 Å². The normalized spacial score (nSPS) is 10.4. The predicted octanol–water partition coefficient (Wildman–Crippen LogP) is 1.69. The van der Waals surface area contributed by atoms with Gasteiger partial charge in [0.05, 0.1) is 11.4 Å². The third-order valence-electron chi connectivity index (χ3n) is 4.28. The molecule has 2 heterocycles. The molecule has 8 nitrogen and oxygen atoms in total. The Balaban J connectivity index is 1.64. The minimum absolute atomic E-state index is 0.0703. The van der Waals surface area contributed by atoms with Crippen LogP contribution in [-0.2, 0) is 6.42 Å². The number of hydrogen-bond acceptors (Lipinski definition) is 5. The van der Waals surface area contributed by atoms with Gasteiger partial charge in [-0.15, -0.1) is 0 Å². The van der Waals surface area contributed by atoms with Gasteiger partial charge in [0, 0.05) is 12.2 Å². The largest absolute Gasteiger partial charge is 0.382 e. The van der Waals surface area contributed by atoms with Gasteiger partial charge < -0.3 is 16.0 Å². The molecule has 0 aliphatic rings. The summed E-state index contributed by atoms with van der Waals surface area (Å²) < 4.78 is 1.54. The Kier molecular flexibility index (Phi) is 5.56. The summed E-state index contributed by atoms with van der Waals surface area (Å²) in [6.45, 7) is 2.09. The molecule has 28 heavy (non-hydrogen) atoms. The Labute approximate surface area is 161 Å². The van der Waals surface area contributed by atoms with Gasteiger partial charge in [0.25, 0.3) is 11.5 Å². The molecule has 0 spiro atoms. The number of nitriles is 1. The highest BCUT2D eigenvalue weighted by Crippen LogP contribution is 2.21. The Bertz CT molecular complexity index is 1090. The molecule has 0 atom stereocenters. The van der Waals surface area contributed by atoms with Gasteiger partial charge in [0.2, 0.25) is 0 Å². The number of benzene rings is 1. The summed E-state index contributed by atoms with van der Waals surface area (Å²) in [5, 5.41) is 16.6. The topological polar surface area (TPSA) is 130 Å². The molecule has 0 saturated carbocycles. The van der Waals surface area contributed by atoms with Crippen LogP contribution in [0.15, 0.2) is 47.3 Å². The van der Waals surface area contributed by atoms with Crippen molar-refractivity contribution in [3.05, 3.63) is 75.3 Å². The first-order valence-electron chi connectivity index (χ1n) is 8.82. The zero-order valence-corrected chi connectivity index (χ0v) is 15.4. The van der Waals surface area contributed by atoms with E-state index in [-0.39, 0.29) is 5.56 Å². The van der Waals surface area contributed by atoms with Crippen molar-refractivity contribution in [2.24, 2.45) is 0 Å². The highest BCUT2D eigenvalue weighted by molar-refractivity contribution is 5.93. The van der Waals surface area contributed by atoms with Crippen molar-refractivity contribution >= 4 is 11.7 Å². The average Bonchev–Trinajstić information content (AvgIpc) is 3.01. The quantitative estimate of drug-likeness (QED) is 0.564. The van der Waals surface area contributed by atoms with Crippen LogP contribution >= 0.6 is 0 Å². The maximum absolute atomic E-state index is 12.1. The molecule has 0 radical (unpaired) electrons. The van der Waals surface area contributed by atoms with Crippen molar-refractivity contribution in [3.63, 3.8) is 0 Å². The van der Waals surface area contributed by atoms with Crippen LogP contribution in [0.5, 0.6) is 0 Å². The fourth-order valence-electron chi connectivity index (χ4n) is 2.85. The smallest absolute Gasteiger partial charge is 0.260 e. The zero-order chi connectivity index (χ0) is 20.1. The fourth-order valence-corrected chi connectivity index (χ4v) is 2.85. The SMILES string of the molecule is Cc1ccc(C(=O)NCCCc2nn(-c3ccccc3)c(N)c2C#N)c(=O)[nH]1. The van der Waals surface area contributed by atoms with E-state index in [4.69, 9.17) is 5.73 Å². The van der Waals surface area contributed by atoms with E-state index in [1.807, 2.05) is 30.3 Å². The Hall–Kier alpha value is -3.86. The van der Waals surface area contributed by atoms with E-state index in [1.165, 1.54) is 10.7 Å². The zero-order valence-electron chi connectivity index (χ0n) is 15.4. The molecule has 0 aliphatic carbocycles. The van der Waals surface area contributed by atoms with Gasteiger partial charge in [0.1, 0.15) is 23.0 Å². The van der Waals surface area contributed by atoms with Gasteiger partial charge in [-0.25, -0.2) is 4.68 Å². The molecule has 0 saturated heterocycles. The molecule has 8 heteroatoms. The Morgan fingerprint density at radius 1 is 1.29 bits per heavy atom. The number of nitrogens with one attached hydrogen (secondary N) is 2. The van der Waals surface area contributed by atoms with Crippen molar-refractivity contribution in [1.82, 2.24) is 20.1 Å². The molecule has 1 aromatic carbocycles. The second kappa shape index (κ2) is 8.22. The minimum Gasteiger partial charge on any atom is -0.382 e. The molecule has 0 unspecified atom stereocenters. The van der Waals surface area contributed by atoms with E-state index in [0.717, 1.165) is 5.69 Å².